The van der Waals surface area contributed by atoms with Gasteiger partial charge >= 0.3 is 0 Å². The van der Waals surface area contributed by atoms with Crippen molar-refractivity contribution in [2.45, 2.75) is 45.2 Å². The van der Waals surface area contributed by atoms with E-state index < -0.39 is 9.73 Å². The Morgan fingerprint density at radius 1 is 1.24 bits per heavy atom. The maximum atomic E-state index is 12.6. The summed E-state index contributed by atoms with van der Waals surface area (Å²) in [4.78, 5) is 25.8. The van der Waals surface area contributed by atoms with Crippen molar-refractivity contribution in [3.8, 4) is 0 Å². The number of hydrogen-bond acceptors (Lipinski definition) is 8. The predicted octanol–water partition coefficient (Wildman–Crippen LogP) is 3.08. The average molecular weight is 418 g/mol. The van der Waals surface area contributed by atoms with Gasteiger partial charge in [0.1, 0.15) is 17.2 Å². The molecule has 0 atom stereocenters. The van der Waals surface area contributed by atoms with Gasteiger partial charge in [-0.2, -0.15) is 9.35 Å². The van der Waals surface area contributed by atoms with Crippen molar-refractivity contribution < 1.29 is 9.00 Å². The number of aromatic nitrogens is 3. The Labute approximate surface area is 171 Å². The van der Waals surface area contributed by atoms with E-state index in [0.717, 1.165) is 12.8 Å². The lowest BCUT2D eigenvalue weighted by atomic mass is 9.93. The predicted molar refractivity (Wildman–Crippen MR) is 115 cm³/mol. The highest BCUT2D eigenvalue weighted by atomic mass is 32.2. The Balaban J connectivity index is 1.92. The molecule has 2 heterocycles. The van der Waals surface area contributed by atoms with E-state index in [1.54, 1.807) is 30.7 Å². The summed E-state index contributed by atoms with van der Waals surface area (Å²) in [5.74, 6) is 1.33. The van der Waals surface area contributed by atoms with Crippen LogP contribution in [0, 0.1) is 0 Å². The standard InChI is InChI=1S/C19H27N7O2S/c1-12(2)21-18(27)14-11-20-19(22-13-7-5-8-13)25-17(14)24-15-9-6-10-16(23-15)26-29(3,4)28/h6,9-13H,5,7-8H2,1-4H3,(H,21,27)(H2,20,22,23,24,25). The van der Waals surface area contributed by atoms with Crippen molar-refractivity contribution in [2.24, 2.45) is 4.36 Å². The molecule has 2 aromatic heterocycles. The van der Waals surface area contributed by atoms with Crippen molar-refractivity contribution in [3.05, 3.63) is 30.0 Å². The fraction of sp³-hybridized carbons (Fsp3) is 0.474. The molecule has 0 bridgehead atoms. The van der Waals surface area contributed by atoms with E-state index in [4.69, 9.17) is 0 Å². The van der Waals surface area contributed by atoms with E-state index >= 15 is 0 Å². The lowest BCUT2D eigenvalue weighted by Gasteiger charge is -2.26. The molecule has 0 aliphatic heterocycles. The Kier molecular flexibility index (Phi) is 6.31. The number of carbonyl (C=O) groups is 1. The summed E-state index contributed by atoms with van der Waals surface area (Å²) in [6, 6.07) is 5.50. The van der Waals surface area contributed by atoms with Crippen LogP contribution in [-0.2, 0) is 9.73 Å². The molecular weight excluding hydrogens is 390 g/mol. The van der Waals surface area contributed by atoms with Crippen LogP contribution < -0.4 is 16.0 Å². The largest absolute Gasteiger partial charge is 0.351 e. The van der Waals surface area contributed by atoms with E-state index in [1.807, 2.05) is 13.8 Å². The van der Waals surface area contributed by atoms with Crippen molar-refractivity contribution in [1.82, 2.24) is 20.3 Å². The van der Waals surface area contributed by atoms with Crippen LogP contribution >= 0.6 is 0 Å². The summed E-state index contributed by atoms with van der Waals surface area (Å²) in [5.41, 5.74) is 0.316. The molecule has 0 unspecified atom stereocenters. The Bertz CT molecular complexity index is 1000. The molecule has 0 spiro atoms. The van der Waals surface area contributed by atoms with Crippen LogP contribution in [0.1, 0.15) is 43.5 Å². The van der Waals surface area contributed by atoms with E-state index in [2.05, 4.69) is 35.3 Å². The monoisotopic (exact) mass is 417 g/mol. The number of nitrogens with one attached hydrogen (secondary N) is 3. The number of rotatable bonds is 7. The van der Waals surface area contributed by atoms with Crippen LogP contribution in [0.15, 0.2) is 28.8 Å². The average Bonchev–Trinajstić information content (AvgIpc) is 2.56. The third-order valence-electron chi connectivity index (χ3n) is 4.19. The maximum Gasteiger partial charge on any atom is 0.256 e. The summed E-state index contributed by atoms with van der Waals surface area (Å²) in [5, 5.41) is 9.22. The Hall–Kier alpha value is -2.75. The number of nitrogens with zero attached hydrogens (tertiary/aromatic N) is 4. The minimum Gasteiger partial charge on any atom is -0.351 e. The molecule has 1 fully saturated rings. The first-order valence-electron chi connectivity index (χ1n) is 9.55. The number of pyridine rings is 1. The first-order chi connectivity index (χ1) is 13.7. The number of carbonyl (C=O) groups excluding carboxylic acids is 1. The van der Waals surface area contributed by atoms with Crippen molar-refractivity contribution in [2.75, 3.05) is 23.1 Å². The normalized spacial score (nSPS) is 14.2. The summed E-state index contributed by atoms with van der Waals surface area (Å²) in [6.45, 7) is 3.77. The lowest BCUT2D eigenvalue weighted by molar-refractivity contribution is 0.0943. The van der Waals surface area contributed by atoms with Gasteiger partial charge in [0.2, 0.25) is 5.95 Å². The molecule has 10 heteroatoms. The second-order valence-corrected chi connectivity index (χ2v) is 10.2. The van der Waals surface area contributed by atoms with Gasteiger partial charge in [-0.15, -0.1) is 0 Å². The topological polar surface area (TPSA) is 121 Å². The summed E-state index contributed by atoms with van der Waals surface area (Å²) in [6.07, 6.45) is 7.96. The molecule has 0 radical (unpaired) electrons. The molecule has 1 saturated carbocycles. The zero-order chi connectivity index (χ0) is 21.0. The molecule has 1 amide bonds. The minimum absolute atomic E-state index is 0.0226. The second kappa shape index (κ2) is 8.73. The molecule has 2 aromatic rings. The molecule has 0 saturated heterocycles. The van der Waals surface area contributed by atoms with Crippen LogP contribution in [-0.4, -0.2) is 49.7 Å². The van der Waals surface area contributed by atoms with Gasteiger partial charge in [0, 0.05) is 40.5 Å². The first-order valence-corrected chi connectivity index (χ1v) is 11.9. The van der Waals surface area contributed by atoms with Crippen molar-refractivity contribution in [3.63, 3.8) is 0 Å². The molecule has 29 heavy (non-hydrogen) atoms. The highest BCUT2D eigenvalue weighted by Gasteiger charge is 2.20. The summed E-state index contributed by atoms with van der Waals surface area (Å²) >= 11 is 0. The van der Waals surface area contributed by atoms with E-state index in [1.165, 1.54) is 12.6 Å². The van der Waals surface area contributed by atoms with Crippen LogP contribution in [0.25, 0.3) is 0 Å². The molecule has 3 N–H and O–H groups in total. The van der Waals surface area contributed by atoms with Crippen LogP contribution in [0.5, 0.6) is 0 Å². The number of hydrogen-bond donors (Lipinski definition) is 3. The van der Waals surface area contributed by atoms with Crippen molar-refractivity contribution >= 4 is 39.0 Å². The van der Waals surface area contributed by atoms with Gasteiger partial charge in [0.05, 0.1) is 0 Å². The lowest BCUT2D eigenvalue weighted by Crippen LogP contribution is -2.31. The minimum atomic E-state index is -2.33. The number of anilines is 3. The quantitative estimate of drug-likeness (QED) is 0.633. The van der Waals surface area contributed by atoms with Gasteiger partial charge in [-0.25, -0.2) is 14.2 Å². The van der Waals surface area contributed by atoms with Crippen LogP contribution in [0.3, 0.4) is 0 Å². The molecule has 3 rings (SSSR count). The fourth-order valence-electron chi connectivity index (χ4n) is 2.68. The Morgan fingerprint density at radius 3 is 2.62 bits per heavy atom. The van der Waals surface area contributed by atoms with Crippen LogP contribution in [0.4, 0.5) is 23.4 Å². The summed E-state index contributed by atoms with van der Waals surface area (Å²) < 4.78 is 16.1. The smallest absolute Gasteiger partial charge is 0.256 e. The molecule has 1 aliphatic rings. The van der Waals surface area contributed by atoms with E-state index in [9.17, 15) is 9.00 Å². The van der Waals surface area contributed by atoms with Gasteiger partial charge < -0.3 is 16.0 Å². The van der Waals surface area contributed by atoms with E-state index in [0.29, 0.717) is 35.0 Å². The third-order valence-corrected chi connectivity index (χ3v) is 4.81. The summed E-state index contributed by atoms with van der Waals surface area (Å²) in [7, 11) is -2.33. The second-order valence-electron chi connectivity index (χ2n) is 7.63. The highest BCUT2D eigenvalue weighted by molar-refractivity contribution is 7.92. The Morgan fingerprint density at radius 2 is 2.00 bits per heavy atom. The zero-order valence-corrected chi connectivity index (χ0v) is 17.9. The molecule has 1 aliphatic carbocycles. The van der Waals surface area contributed by atoms with Crippen molar-refractivity contribution in [1.29, 1.82) is 0 Å². The van der Waals surface area contributed by atoms with Gasteiger partial charge in [-0.1, -0.05) is 6.07 Å². The zero-order valence-electron chi connectivity index (χ0n) is 17.1. The van der Waals surface area contributed by atoms with Gasteiger partial charge in [-0.3, -0.25) is 4.79 Å². The van der Waals surface area contributed by atoms with E-state index in [-0.39, 0.29) is 11.9 Å². The fourth-order valence-corrected chi connectivity index (χ4v) is 3.23. The molecular formula is C19H27N7O2S. The molecule has 9 nitrogen and oxygen atoms in total. The third kappa shape index (κ3) is 6.11. The van der Waals surface area contributed by atoms with Gasteiger partial charge in [0.15, 0.2) is 5.82 Å². The SMILES string of the molecule is CC(C)NC(=O)c1cnc(NC2CCC2)nc1Nc1cccc(N=S(C)(C)=O)n1. The molecule has 156 valence electrons. The van der Waals surface area contributed by atoms with Gasteiger partial charge in [-0.05, 0) is 45.2 Å². The first kappa shape index (κ1) is 21.0. The van der Waals surface area contributed by atoms with Crippen LogP contribution in [0.2, 0.25) is 0 Å². The number of amides is 1. The molecule has 0 aromatic carbocycles. The highest BCUT2D eigenvalue weighted by Crippen LogP contribution is 2.24. The van der Waals surface area contributed by atoms with Gasteiger partial charge in [0.25, 0.3) is 5.91 Å². The maximum absolute atomic E-state index is 12.6.